The molecule has 0 aromatic heterocycles. The average Bonchev–Trinajstić information content (AvgIpc) is 2.99. The molecule has 1 fully saturated rings. The molecular formula is C16H23ClF4N2O3S. The van der Waals surface area contributed by atoms with Crippen molar-refractivity contribution >= 4 is 22.4 Å². The molecule has 0 spiro atoms. The van der Waals surface area contributed by atoms with Gasteiger partial charge in [-0.1, -0.05) is 19.1 Å². The van der Waals surface area contributed by atoms with E-state index in [0.29, 0.717) is 31.6 Å². The van der Waals surface area contributed by atoms with Crippen LogP contribution in [-0.4, -0.2) is 51.3 Å². The molecule has 1 atom stereocenters. The number of halogens is 5. The highest BCUT2D eigenvalue weighted by Crippen LogP contribution is 2.32. The van der Waals surface area contributed by atoms with E-state index in [1.807, 2.05) is 6.92 Å². The number of alkyl halides is 4. The lowest BCUT2D eigenvalue weighted by molar-refractivity contribution is -0.168. The second-order valence-corrected chi connectivity index (χ2v) is 8.74. The summed E-state index contributed by atoms with van der Waals surface area (Å²) in [7, 11) is -3.76. The Bertz CT molecular complexity index is 736. The molecular weight excluding hydrogens is 412 g/mol. The van der Waals surface area contributed by atoms with Gasteiger partial charge in [0.1, 0.15) is 6.61 Å². The first-order valence-electron chi connectivity index (χ1n) is 8.03. The van der Waals surface area contributed by atoms with Gasteiger partial charge in [0.25, 0.3) is 0 Å². The lowest BCUT2D eigenvalue weighted by atomic mass is 9.90. The molecule has 156 valence electrons. The second kappa shape index (κ2) is 9.04. The van der Waals surface area contributed by atoms with Crippen LogP contribution in [0.1, 0.15) is 18.9 Å². The zero-order chi connectivity index (χ0) is 19.6. The molecule has 2 rings (SSSR count). The van der Waals surface area contributed by atoms with Crippen LogP contribution in [0.3, 0.4) is 0 Å². The highest BCUT2D eigenvalue weighted by atomic mass is 35.5. The van der Waals surface area contributed by atoms with Crippen LogP contribution in [0.4, 0.5) is 17.6 Å². The fourth-order valence-corrected chi connectivity index (χ4v) is 4.33. The Balaban J connectivity index is 0.00000364. The predicted molar refractivity (Wildman–Crippen MR) is 94.8 cm³/mol. The zero-order valence-electron chi connectivity index (χ0n) is 14.7. The van der Waals surface area contributed by atoms with E-state index in [1.165, 1.54) is 28.6 Å². The summed E-state index contributed by atoms with van der Waals surface area (Å²) in [5, 5.41) is 0. The molecule has 0 radical (unpaired) electrons. The van der Waals surface area contributed by atoms with Crippen LogP contribution >= 0.6 is 12.4 Å². The number of ether oxygens (including phenoxy) is 1. The maximum atomic E-state index is 12.8. The summed E-state index contributed by atoms with van der Waals surface area (Å²) in [5.74, 6) is -4.24. The van der Waals surface area contributed by atoms with Gasteiger partial charge >= 0.3 is 12.3 Å². The van der Waals surface area contributed by atoms with Gasteiger partial charge in [0.05, 0.1) is 11.5 Å². The van der Waals surface area contributed by atoms with Gasteiger partial charge < -0.3 is 10.5 Å². The first kappa shape index (κ1) is 24.1. The number of hydrogen-bond donors (Lipinski definition) is 1. The van der Waals surface area contributed by atoms with Crippen molar-refractivity contribution in [1.29, 1.82) is 0 Å². The third-order valence-corrected chi connectivity index (χ3v) is 6.28. The quantitative estimate of drug-likeness (QED) is 0.638. The van der Waals surface area contributed by atoms with E-state index in [-0.39, 0.29) is 22.7 Å². The third-order valence-electron chi connectivity index (χ3n) is 4.43. The topological polar surface area (TPSA) is 72.6 Å². The molecule has 0 saturated carbocycles. The van der Waals surface area contributed by atoms with Crippen molar-refractivity contribution < 1.29 is 30.7 Å². The molecule has 1 heterocycles. The number of nitrogens with zero attached hydrogens (tertiary/aromatic N) is 1. The summed E-state index contributed by atoms with van der Waals surface area (Å²) in [6, 6.07) is 5.63. The van der Waals surface area contributed by atoms with Gasteiger partial charge in [0.15, 0.2) is 0 Å². The van der Waals surface area contributed by atoms with E-state index in [4.69, 9.17) is 5.73 Å². The molecule has 1 aromatic rings. The second-order valence-electron chi connectivity index (χ2n) is 6.81. The van der Waals surface area contributed by atoms with Crippen LogP contribution < -0.4 is 5.73 Å². The fourth-order valence-electron chi connectivity index (χ4n) is 2.66. The Labute approximate surface area is 162 Å². The SMILES string of the molecule is CC1(CN)CCN(S(=O)(=O)c2cccc(COCC(F)(F)C(F)F)c2)C1.Cl. The Morgan fingerprint density at radius 2 is 2.04 bits per heavy atom. The molecule has 1 unspecified atom stereocenters. The molecule has 1 aliphatic heterocycles. The zero-order valence-corrected chi connectivity index (χ0v) is 16.3. The van der Waals surface area contributed by atoms with Crippen molar-refractivity contribution in [2.24, 2.45) is 11.1 Å². The van der Waals surface area contributed by atoms with E-state index in [1.54, 1.807) is 0 Å². The van der Waals surface area contributed by atoms with Crippen molar-refractivity contribution in [1.82, 2.24) is 4.31 Å². The summed E-state index contributed by atoms with van der Waals surface area (Å²) in [6.45, 7) is 1.08. The van der Waals surface area contributed by atoms with Gasteiger partial charge in [0, 0.05) is 13.1 Å². The molecule has 11 heteroatoms. The van der Waals surface area contributed by atoms with Crippen LogP contribution in [0.15, 0.2) is 29.2 Å². The van der Waals surface area contributed by atoms with E-state index >= 15 is 0 Å². The highest BCUT2D eigenvalue weighted by molar-refractivity contribution is 7.89. The standard InChI is InChI=1S/C16H22F4N2O3S.ClH/c1-15(9-21)5-6-22(10-15)26(23,24)13-4-2-3-12(7-13)8-25-11-16(19,20)14(17)18;/h2-4,7,14H,5-6,8-11,21H2,1H3;1H. The maximum Gasteiger partial charge on any atom is 0.330 e. The van der Waals surface area contributed by atoms with Crippen LogP contribution in [0.2, 0.25) is 0 Å². The third kappa shape index (κ3) is 5.77. The van der Waals surface area contributed by atoms with E-state index < -0.39 is 35.6 Å². The fraction of sp³-hybridized carbons (Fsp3) is 0.625. The van der Waals surface area contributed by atoms with E-state index in [0.717, 1.165) is 0 Å². The Morgan fingerprint density at radius 1 is 1.37 bits per heavy atom. The highest BCUT2D eigenvalue weighted by Gasteiger charge is 2.41. The van der Waals surface area contributed by atoms with Crippen LogP contribution in [0.5, 0.6) is 0 Å². The molecule has 1 saturated heterocycles. The van der Waals surface area contributed by atoms with Gasteiger partial charge in [-0.15, -0.1) is 12.4 Å². The lowest BCUT2D eigenvalue weighted by Crippen LogP contribution is -2.34. The lowest BCUT2D eigenvalue weighted by Gasteiger charge is -2.22. The van der Waals surface area contributed by atoms with E-state index in [9.17, 15) is 26.0 Å². The molecule has 0 amide bonds. The van der Waals surface area contributed by atoms with Crippen molar-refractivity contribution in [3.05, 3.63) is 29.8 Å². The molecule has 5 nitrogen and oxygen atoms in total. The van der Waals surface area contributed by atoms with Gasteiger partial charge in [0.2, 0.25) is 10.0 Å². The molecule has 1 aromatic carbocycles. The van der Waals surface area contributed by atoms with Crippen LogP contribution in [0.25, 0.3) is 0 Å². The van der Waals surface area contributed by atoms with Crippen LogP contribution in [0, 0.1) is 5.41 Å². The average molecular weight is 435 g/mol. The summed E-state index contributed by atoms with van der Waals surface area (Å²) < 4.78 is 81.3. The van der Waals surface area contributed by atoms with Crippen molar-refractivity contribution in [2.45, 2.75) is 37.2 Å². The normalized spacial score (nSPS) is 21.4. The minimum Gasteiger partial charge on any atom is -0.370 e. The van der Waals surface area contributed by atoms with Gasteiger partial charge in [-0.25, -0.2) is 17.2 Å². The van der Waals surface area contributed by atoms with Crippen molar-refractivity contribution in [3.8, 4) is 0 Å². The van der Waals surface area contributed by atoms with Gasteiger partial charge in [-0.05, 0) is 36.1 Å². The number of benzene rings is 1. The molecule has 0 aliphatic carbocycles. The van der Waals surface area contributed by atoms with Crippen molar-refractivity contribution in [2.75, 3.05) is 26.2 Å². The Morgan fingerprint density at radius 3 is 2.59 bits per heavy atom. The molecule has 2 N–H and O–H groups in total. The first-order chi connectivity index (χ1) is 12.0. The smallest absolute Gasteiger partial charge is 0.330 e. The number of nitrogens with two attached hydrogens (primary N) is 1. The number of sulfonamides is 1. The Hall–Kier alpha value is -0.940. The number of rotatable bonds is 8. The Kier molecular flexibility index (Phi) is 8.07. The molecule has 27 heavy (non-hydrogen) atoms. The van der Waals surface area contributed by atoms with Crippen molar-refractivity contribution in [3.63, 3.8) is 0 Å². The molecule has 1 aliphatic rings. The summed E-state index contributed by atoms with van der Waals surface area (Å²) in [5.41, 5.74) is 5.71. The van der Waals surface area contributed by atoms with Gasteiger partial charge in [-0.2, -0.15) is 13.1 Å². The summed E-state index contributed by atoms with van der Waals surface area (Å²) in [4.78, 5) is 0.000455. The molecule has 0 bridgehead atoms. The minimum absolute atomic E-state index is 0. The summed E-state index contributed by atoms with van der Waals surface area (Å²) in [6.07, 6.45) is -3.17. The van der Waals surface area contributed by atoms with Gasteiger partial charge in [-0.3, -0.25) is 0 Å². The monoisotopic (exact) mass is 434 g/mol. The first-order valence-corrected chi connectivity index (χ1v) is 9.47. The number of hydrogen-bond acceptors (Lipinski definition) is 4. The minimum atomic E-state index is -4.24. The predicted octanol–water partition coefficient (Wildman–Crippen LogP) is 2.88. The summed E-state index contributed by atoms with van der Waals surface area (Å²) >= 11 is 0. The van der Waals surface area contributed by atoms with Crippen LogP contribution in [-0.2, 0) is 21.4 Å². The maximum absolute atomic E-state index is 12.8. The van der Waals surface area contributed by atoms with E-state index in [2.05, 4.69) is 4.74 Å². The largest absolute Gasteiger partial charge is 0.370 e.